The molecular formula is C41H39AgBNO5P2+2. The summed E-state index contributed by atoms with van der Waals surface area (Å²) < 4.78 is 26.0. The van der Waals surface area contributed by atoms with Gasteiger partial charge in [-0.1, -0.05) is 97.1 Å². The summed E-state index contributed by atoms with van der Waals surface area (Å²) in [6.45, 7) is -2.52. The summed E-state index contributed by atoms with van der Waals surface area (Å²) in [7, 11) is 1.10. The zero-order chi connectivity index (χ0) is 34.3. The normalized spacial score (nSPS) is 12.9. The van der Waals surface area contributed by atoms with Crippen LogP contribution in [0.2, 0.25) is 0 Å². The number of rotatable bonds is 9. The molecule has 2 heterocycles. The molecule has 0 aromatic heterocycles. The first-order chi connectivity index (χ1) is 24.5. The van der Waals surface area contributed by atoms with Crippen LogP contribution in [0.15, 0.2) is 158 Å². The van der Waals surface area contributed by atoms with Crippen LogP contribution in [-0.2, 0) is 39.5 Å². The Labute approximate surface area is 317 Å². The van der Waals surface area contributed by atoms with Crippen LogP contribution in [0.5, 0.6) is 23.0 Å². The second-order valence-electron chi connectivity index (χ2n) is 12.4. The van der Waals surface area contributed by atoms with Gasteiger partial charge in [-0.25, -0.2) is 0 Å². The van der Waals surface area contributed by atoms with E-state index in [1.54, 1.807) is 14.1 Å². The number of carbonyl (C=O) groups excluding carboxylic acids is 1. The molecule has 0 saturated carbocycles. The minimum absolute atomic E-state index is 0. The van der Waals surface area contributed by atoms with E-state index < -0.39 is 22.8 Å². The third-order valence-electron chi connectivity index (χ3n) is 8.62. The van der Waals surface area contributed by atoms with E-state index in [0.29, 0.717) is 23.0 Å². The maximum atomic E-state index is 9.43. The Bertz CT molecular complexity index is 1820. The van der Waals surface area contributed by atoms with Gasteiger partial charge >= 0.3 is 29.3 Å². The van der Waals surface area contributed by atoms with Crippen molar-refractivity contribution in [3.05, 3.63) is 169 Å². The van der Waals surface area contributed by atoms with Crippen molar-refractivity contribution < 1.29 is 45.8 Å². The minimum atomic E-state index is -2.52. The average molecular weight is 806 g/mol. The summed E-state index contributed by atoms with van der Waals surface area (Å²) in [4.78, 5) is 10.9. The molecule has 10 heteroatoms. The molecule has 1 spiro atoms. The zero-order valence-electron chi connectivity index (χ0n) is 28.4. The summed E-state index contributed by atoms with van der Waals surface area (Å²) in [5.41, 5.74) is 2.18. The van der Waals surface area contributed by atoms with E-state index in [2.05, 4.69) is 133 Å². The molecule has 2 aliphatic rings. The first-order valence-corrected chi connectivity index (χ1v) is 20.1. The Hall–Kier alpha value is -4.34. The quantitative estimate of drug-likeness (QED) is 0.0916. The van der Waals surface area contributed by atoms with Crippen molar-refractivity contribution in [2.45, 2.75) is 12.3 Å². The number of fused-ring (bicyclic) bond motifs is 2. The maximum Gasteiger partial charge on any atom is 1.00 e. The van der Waals surface area contributed by atoms with Crippen molar-refractivity contribution in [3.8, 4) is 23.0 Å². The van der Waals surface area contributed by atoms with Crippen LogP contribution in [0.1, 0.15) is 11.1 Å². The van der Waals surface area contributed by atoms with Crippen LogP contribution in [0.3, 0.4) is 0 Å². The topological polar surface area (TPSA) is 57.2 Å². The van der Waals surface area contributed by atoms with Gasteiger partial charge in [0.1, 0.15) is 23.0 Å². The van der Waals surface area contributed by atoms with Gasteiger partial charge in [-0.05, 0) is 60.7 Å². The van der Waals surface area contributed by atoms with E-state index in [4.69, 9.17) is 18.6 Å². The van der Waals surface area contributed by atoms with Crippen molar-refractivity contribution in [2.75, 3.05) is 14.1 Å². The molecule has 6 aromatic rings. The largest absolute Gasteiger partial charge is 1.00 e. The monoisotopic (exact) mass is 805 g/mol. The molecule has 260 valence electrons. The molecular weight excluding hydrogens is 767 g/mol. The number of hydrogen-bond donors (Lipinski definition) is 0. The van der Waals surface area contributed by atoms with Gasteiger partial charge in [0, 0.05) is 25.2 Å². The zero-order valence-corrected chi connectivity index (χ0v) is 31.9. The van der Waals surface area contributed by atoms with Gasteiger partial charge in [0.05, 0.1) is 49.4 Å². The van der Waals surface area contributed by atoms with E-state index in [1.165, 1.54) is 26.1 Å². The van der Waals surface area contributed by atoms with Gasteiger partial charge < -0.3 is 23.5 Å². The molecule has 1 amide bonds. The van der Waals surface area contributed by atoms with Crippen LogP contribution in [0.4, 0.5) is 0 Å². The van der Waals surface area contributed by atoms with E-state index in [9.17, 15) is 4.79 Å². The molecule has 0 fully saturated rings. The maximum absolute atomic E-state index is 9.43. The van der Waals surface area contributed by atoms with Crippen molar-refractivity contribution in [1.29, 1.82) is 0 Å². The van der Waals surface area contributed by atoms with Crippen LogP contribution in [0, 0.1) is 0 Å². The Morgan fingerprint density at radius 1 is 0.490 bits per heavy atom. The molecule has 0 bridgehead atoms. The van der Waals surface area contributed by atoms with Gasteiger partial charge in [-0.15, -0.1) is 0 Å². The number of nitrogens with zero attached hydrogens (tertiary/aromatic N) is 1. The smallest absolute Gasteiger partial charge is 0.609 e. The van der Waals surface area contributed by atoms with Gasteiger partial charge in [-0.2, -0.15) is 0 Å². The number of amides is 1. The van der Waals surface area contributed by atoms with Gasteiger partial charge in [0.2, 0.25) is 6.41 Å². The van der Waals surface area contributed by atoms with Gasteiger partial charge in [0.25, 0.3) is 0 Å². The van der Waals surface area contributed by atoms with E-state index >= 15 is 0 Å². The van der Waals surface area contributed by atoms with Gasteiger partial charge in [0.15, 0.2) is 0 Å². The molecule has 0 unspecified atom stereocenters. The fourth-order valence-corrected chi connectivity index (χ4v) is 11.5. The number of hydrogen-bond acceptors (Lipinski definition) is 5. The van der Waals surface area contributed by atoms with E-state index in [0.717, 1.165) is 29.9 Å². The number of benzene rings is 6. The van der Waals surface area contributed by atoms with Gasteiger partial charge in [-0.3, -0.25) is 4.79 Å². The Balaban J connectivity index is 0.000000700. The van der Waals surface area contributed by atoms with Crippen molar-refractivity contribution in [2.24, 2.45) is 0 Å². The fraction of sp³-hybridized carbons (Fsp3) is 0.0976. The molecule has 0 atom stereocenters. The number of carbonyl (C=O) groups is 1. The van der Waals surface area contributed by atoms with Crippen LogP contribution in [0.25, 0.3) is 0 Å². The first-order valence-electron chi connectivity index (χ1n) is 16.7. The molecule has 51 heavy (non-hydrogen) atoms. The summed E-state index contributed by atoms with van der Waals surface area (Å²) in [5.74, 6) is 2.73. The Kier molecular flexibility index (Phi) is 12.0. The summed E-state index contributed by atoms with van der Waals surface area (Å²) >= 11 is 0. The molecule has 0 N–H and O–H groups in total. The van der Waals surface area contributed by atoms with Crippen LogP contribution >= 0.6 is 15.8 Å². The summed E-state index contributed by atoms with van der Waals surface area (Å²) in [6.07, 6.45) is 2.44. The Morgan fingerprint density at radius 3 is 1.10 bits per heavy atom. The predicted molar refractivity (Wildman–Crippen MR) is 209 cm³/mol. The molecule has 6 aromatic carbocycles. The van der Waals surface area contributed by atoms with Crippen LogP contribution in [-0.4, -0.2) is 32.4 Å². The predicted octanol–water partition coefficient (Wildman–Crippen LogP) is 6.80. The molecule has 2 aliphatic heterocycles. The van der Waals surface area contributed by atoms with Crippen molar-refractivity contribution >= 4 is 50.4 Å². The molecule has 8 rings (SSSR count). The third kappa shape index (κ3) is 8.42. The summed E-state index contributed by atoms with van der Waals surface area (Å²) in [5, 5.41) is 5.41. The molecule has 0 saturated heterocycles. The van der Waals surface area contributed by atoms with Crippen molar-refractivity contribution in [1.82, 2.24) is 4.90 Å². The third-order valence-corrected chi connectivity index (χ3v) is 14.2. The standard InChI is InChI=1S/C38H30BO4P2.C3H7NO.Ag/c1-5-17-31(18-6-1)44(32-19-7-2-8-20-32)27-29-15-13-25-35-37(29)42-39(40-35)41-36-26-14-16-30(38(36)43-39)28-45(33-21-9-3-10-22-33)34-23-11-4-12-24-34;1-4(2)3-5;/h1-26H,27-28H2;3H,1-2H3;/q-1;;+1/p+2. The average Bonchev–Trinajstić information content (AvgIpc) is 3.73. The first kappa shape index (κ1) is 36.4. The molecule has 0 radical (unpaired) electrons. The second-order valence-corrected chi connectivity index (χ2v) is 17.3. The minimum Gasteiger partial charge on any atom is -0.609 e. The van der Waals surface area contributed by atoms with E-state index in [1.807, 2.05) is 24.3 Å². The number of para-hydroxylation sites is 2. The fourth-order valence-electron chi connectivity index (χ4n) is 6.28. The van der Waals surface area contributed by atoms with E-state index in [-0.39, 0.29) is 22.4 Å². The molecule has 6 nitrogen and oxygen atoms in total. The summed E-state index contributed by atoms with van der Waals surface area (Å²) in [6, 6.07) is 55.3. The molecule has 0 aliphatic carbocycles. The van der Waals surface area contributed by atoms with Crippen LogP contribution < -0.4 is 39.8 Å². The van der Waals surface area contributed by atoms with Crippen molar-refractivity contribution in [3.63, 3.8) is 0 Å². The SMILES string of the molecule is CN(C)C=O.[Ag+].c1ccc([PH+](Cc2cccc3c2O[B-]2(O3)Oc3cccc(C[PH+](c4ccccc4)c4ccccc4)c3O2)c2ccccc2)cc1. The Morgan fingerprint density at radius 2 is 0.804 bits per heavy atom. The second kappa shape index (κ2) is 16.8.